The summed E-state index contributed by atoms with van der Waals surface area (Å²) < 4.78 is 5.88. The van der Waals surface area contributed by atoms with E-state index in [1.54, 1.807) is 0 Å². The minimum atomic E-state index is 0.238. The van der Waals surface area contributed by atoms with Gasteiger partial charge in [-0.05, 0) is 23.7 Å². The van der Waals surface area contributed by atoms with Crippen molar-refractivity contribution in [1.29, 1.82) is 0 Å². The van der Waals surface area contributed by atoms with Crippen molar-refractivity contribution in [2.75, 3.05) is 6.61 Å². The molecule has 0 spiro atoms. The van der Waals surface area contributed by atoms with Crippen LogP contribution in [0.3, 0.4) is 0 Å². The Balaban J connectivity index is 2.19. The Bertz CT molecular complexity index is 182. The smallest absolute Gasteiger partial charge is 0.0742 e. The molecule has 2 saturated heterocycles. The van der Waals surface area contributed by atoms with Crippen LogP contribution in [-0.4, -0.2) is 12.2 Å². The predicted octanol–water partition coefficient (Wildman–Crippen LogP) is 2.60. The van der Waals surface area contributed by atoms with Crippen LogP contribution in [0.1, 0.15) is 40.5 Å². The van der Waals surface area contributed by atoms with Crippen LogP contribution in [0.25, 0.3) is 0 Å². The molecule has 2 bridgehead atoms. The first-order valence-corrected chi connectivity index (χ1v) is 4.51. The molecule has 64 valence electrons. The van der Waals surface area contributed by atoms with Crippen molar-refractivity contribution < 1.29 is 4.74 Å². The Morgan fingerprint density at radius 1 is 1.18 bits per heavy atom. The molecular weight excluding hydrogens is 136 g/mol. The molecule has 3 aliphatic rings. The highest BCUT2D eigenvalue weighted by atomic mass is 16.5. The number of hydrogen-bond acceptors (Lipinski definition) is 1. The van der Waals surface area contributed by atoms with E-state index in [0.29, 0.717) is 10.8 Å². The Labute approximate surface area is 69.1 Å². The van der Waals surface area contributed by atoms with E-state index in [9.17, 15) is 0 Å². The molecule has 0 aromatic rings. The summed E-state index contributed by atoms with van der Waals surface area (Å²) in [6.07, 6.45) is 2.56. The van der Waals surface area contributed by atoms with Gasteiger partial charge in [-0.25, -0.2) is 0 Å². The highest BCUT2D eigenvalue weighted by Crippen LogP contribution is 2.63. The molecule has 1 nitrogen and oxygen atoms in total. The molecule has 2 heterocycles. The molecule has 0 N–H and O–H groups in total. The van der Waals surface area contributed by atoms with E-state index >= 15 is 0 Å². The molecule has 1 aliphatic carbocycles. The molecule has 0 amide bonds. The Hall–Kier alpha value is -0.0400. The molecule has 0 aromatic heterocycles. The van der Waals surface area contributed by atoms with Crippen molar-refractivity contribution in [1.82, 2.24) is 0 Å². The van der Waals surface area contributed by atoms with Gasteiger partial charge in [-0.15, -0.1) is 0 Å². The highest BCUT2D eigenvalue weighted by molar-refractivity contribution is 5.13. The van der Waals surface area contributed by atoms with Gasteiger partial charge < -0.3 is 4.74 Å². The second-order valence-corrected chi connectivity index (χ2v) is 5.70. The van der Waals surface area contributed by atoms with Crippen molar-refractivity contribution in [2.24, 2.45) is 10.8 Å². The average molecular weight is 154 g/mol. The van der Waals surface area contributed by atoms with Crippen LogP contribution in [0, 0.1) is 10.8 Å². The largest absolute Gasteiger partial charge is 0.374 e. The van der Waals surface area contributed by atoms with Crippen LogP contribution in [0.15, 0.2) is 0 Å². The first-order chi connectivity index (χ1) is 4.87. The molecule has 1 saturated carbocycles. The SMILES string of the molecule is CC12COC(C(C)(C)C)(C1)C2. The zero-order chi connectivity index (χ0) is 8.33. The summed E-state index contributed by atoms with van der Waals surface area (Å²) in [5.74, 6) is 0. The fourth-order valence-corrected chi connectivity index (χ4v) is 2.59. The lowest BCUT2D eigenvalue weighted by Crippen LogP contribution is -2.51. The molecule has 3 rings (SSSR count). The summed E-state index contributed by atoms with van der Waals surface area (Å²) in [5.41, 5.74) is 1.11. The van der Waals surface area contributed by atoms with Gasteiger partial charge in [0.05, 0.1) is 12.2 Å². The number of ether oxygens (including phenoxy) is 1. The number of rotatable bonds is 0. The van der Waals surface area contributed by atoms with Crippen LogP contribution >= 0.6 is 0 Å². The lowest BCUT2D eigenvalue weighted by atomic mass is 9.55. The monoisotopic (exact) mass is 154 g/mol. The van der Waals surface area contributed by atoms with Gasteiger partial charge in [0.1, 0.15) is 0 Å². The third-order valence-corrected chi connectivity index (χ3v) is 3.49. The van der Waals surface area contributed by atoms with E-state index < -0.39 is 0 Å². The van der Waals surface area contributed by atoms with E-state index in [1.165, 1.54) is 12.8 Å². The zero-order valence-electron chi connectivity index (χ0n) is 8.03. The maximum absolute atomic E-state index is 5.88. The van der Waals surface area contributed by atoms with Crippen LogP contribution < -0.4 is 0 Å². The summed E-state index contributed by atoms with van der Waals surface area (Å²) in [6, 6.07) is 0. The maximum atomic E-state index is 5.88. The summed E-state index contributed by atoms with van der Waals surface area (Å²) in [6.45, 7) is 10.2. The Kier molecular flexibility index (Phi) is 1.15. The summed E-state index contributed by atoms with van der Waals surface area (Å²) in [4.78, 5) is 0. The van der Waals surface area contributed by atoms with E-state index in [2.05, 4.69) is 27.7 Å². The molecular formula is C10H18O. The van der Waals surface area contributed by atoms with Crippen molar-refractivity contribution in [3.63, 3.8) is 0 Å². The van der Waals surface area contributed by atoms with Crippen molar-refractivity contribution >= 4 is 0 Å². The predicted molar refractivity (Wildman–Crippen MR) is 45.5 cm³/mol. The zero-order valence-corrected chi connectivity index (χ0v) is 8.03. The van der Waals surface area contributed by atoms with Gasteiger partial charge in [0.2, 0.25) is 0 Å². The minimum Gasteiger partial charge on any atom is -0.374 e. The summed E-state index contributed by atoms with van der Waals surface area (Å²) in [5, 5.41) is 0. The second kappa shape index (κ2) is 1.66. The maximum Gasteiger partial charge on any atom is 0.0742 e. The molecule has 0 unspecified atom stereocenters. The average Bonchev–Trinajstić information content (AvgIpc) is 2.16. The van der Waals surface area contributed by atoms with Gasteiger partial charge in [0.25, 0.3) is 0 Å². The second-order valence-electron chi connectivity index (χ2n) is 5.70. The van der Waals surface area contributed by atoms with Crippen LogP contribution in [0.4, 0.5) is 0 Å². The van der Waals surface area contributed by atoms with Crippen molar-refractivity contribution in [3.05, 3.63) is 0 Å². The molecule has 1 heteroatoms. The summed E-state index contributed by atoms with van der Waals surface area (Å²) in [7, 11) is 0. The Morgan fingerprint density at radius 3 is 1.91 bits per heavy atom. The van der Waals surface area contributed by atoms with Gasteiger partial charge in [-0.1, -0.05) is 27.7 Å². The quantitative estimate of drug-likeness (QED) is 0.521. The van der Waals surface area contributed by atoms with Gasteiger partial charge >= 0.3 is 0 Å². The third-order valence-electron chi connectivity index (χ3n) is 3.49. The van der Waals surface area contributed by atoms with E-state index in [0.717, 1.165) is 6.61 Å². The first-order valence-electron chi connectivity index (χ1n) is 4.51. The van der Waals surface area contributed by atoms with Crippen LogP contribution in [0.2, 0.25) is 0 Å². The molecule has 2 aliphatic heterocycles. The van der Waals surface area contributed by atoms with E-state index in [1.807, 2.05) is 0 Å². The first kappa shape index (κ1) is 7.60. The van der Waals surface area contributed by atoms with Gasteiger partial charge in [-0.2, -0.15) is 0 Å². The van der Waals surface area contributed by atoms with Crippen molar-refractivity contribution in [3.8, 4) is 0 Å². The minimum absolute atomic E-state index is 0.238. The number of hydrogen-bond donors (Lipinski definition) is 0. The standard InChI is InChI=1S/C10H18O/c1-8(2,3)10-5-9(4,6-10)7-11-10/h5-7H2,1-4H3. The third kappa shape index (κ3) is 0.807. The fraction of sp³-hybridized carbons (Fsp3) is 1.00. The van der Waals surface area contributed by atoms with Crippen molar-refractivity contribution in [2.45, 2.75) is 46.1 Å². The lowest BCUT2D eigenvalue weighted by Gasteiger charge is -2.50. The number of fused-ring (bicyclic) bond motifs is 1. The molecule has 11 heavy (non-hydrogen) atoms. The molecule has 3 fully saturated rings. The fourth-order valence-electron chi connectivity index (χ4n) is 2.59. The molecule has 0 radical (unpaired) electrons. The van der Waals surface area contributed by atoms with Gasteiger partial charge in [0, 0.05) is 0 Å². The topological polar surface area (TPSA) is 9.23 Å². The van der Waals surface area contributed by atoms with E-state index in [-0.39, 0.29) is 5.60 Å². The van der Waals surface area contributed by atoms with Crippen LogP contribution in [0.5, 0.6) is 0 Å². The normalized spacial score (nSPS) is 49.1. The van der Waals surface area contributed by atoms with Gasteiger partial charge in [-0.3, -0.25) is 0 Å². The van der Waals surface area contributed by atoms with Crippen LogP contribution in [-0.2, 0) is 4.74 Å². The molecule has 0 aromatic carbocycles. The van der Waals surface area contributed by atoms with Gasteiger partial charge in [0.15, 0.2) is 0 Å². The lowest BCUT2D eigenvalue weighted by molar-refractivity contribution is -0.0980. The Morgan fingerprint density at radius 2 is 1.73 bits per heavy atom. The highest BCUT2D eigenvalue weighted by Gasteiger charge is 2.64. The van der Waals surface area contributed by atoms with E-state index in [4.69, 9.17) is 4.74 Å². The summed E-state index contributed by atoms with van der Waals surface area (Å²) >= 11 is 0. The molecule has 0 atom stereocenters.